The Labute approximate surface area is 222 Å². The second-order valence-electron chi connectivity index (χ2n) is 8.61. The minimum absolute atomic E-state index is 0.0369. The van der Waals surface area contributed by atoms with Crippen LogP contribution in [0.15, 0.2) is 81.8 Å². The molecule has 0 bridgehead atoms. The first kappa shape index (κ1) is 24.5. The van der Waals surface area contributed by atoms with Gasteiger partial charge in [0.1, 0.15) is 5.75 Å². The highest BCUT2D eigenvalue weighted by Crippen LogP contribution is 2.33. The van der Waals surface area contributed by atoms with E-state index < -0.39 is 0 Å². The van der Waals surface area contributed by atoms with E-state index >= 15 is 0 Å². The Balaban J connectivity index is 1.16. The van der Waals surface area contributed by atoms with Gasteiger partial charge in [0.15, 0.2) is 5.75 Å². The Bertz CT molecular complexity index is 1320. The van der Waals surface area contributed by atoms with Crippen molar-refractivity contribution >= 4 is 39.1 Å². The second-order valence-corrected chi connectivity index (χ2v) is 9.97. The van der Waals surface area contributed by atoms with Crippen LogP contribution in [0, 0.1) is 5.92 Å². The zero-order chi connectivity index (χ0) is 24.9. The van der Waals surface area contributed by atoms with Gasteiger partial charge >= 0.3 is 0 Å². The number of anilines is 1. The summed E-state index contributed by atoms with van der Waals surface area (Å²) >= 11 is 9.63. The van der Waals surface area contributed by atoms with Crippen molar-refractivity contribution in [1.29, 1.82) is 0 Å². The van der Waals surface area contributed by atoms with E-state index in [4.69, 9.17) is 20.9 Å². The van der Waals surface area contributed by atoms with Crippen LogP contribution in [0.5, 0.6) is 11.5 Å². The molecule has 0 atom stereocenters. The normalized spacial score (nSPS) is 14.5. The minimum atomic E-state index is -0.106. The average molecular weight is 568 g/mol. The van der Waals surface area contributed by atoms with Gasteiger partial charge in [-0.1, -0.05) is 50.9 Å². The molecule has 1 aliphatic heterocycles. The molecule has 4 aromatic rings. The van der Waals surface area contributed by atoms with Crippen LogP contribution in [0.4, 0.5) is 5.69 Å². The molecule has 5 rings (SSSR count). The number of hydrogen-bond donors (Lipinski definition) is 1. The van der Waals surface area contributed by atoms with Crippen molar-refractivity contribution in [3.05, 3.63) is 88.2 Å². The molecule has 36 heavy (non-hydrogen) atoms. The Morgan fingerprint density at radius 3 is 2.58 bits per heavy atom. The molecule has 0 saturated carbocycles. The van der Waals surface area contributed by atoms with Crippen molar-refractivity contribution in [3.8, 4) is 22.9 Å². The van der Waals surface area contributed by atoms with Crippen LogP contribution in [0.2, 0.25) is 5.02 Å². The number of rotatable bonds is 7. The highest BCUT2D eigenvalue weighted by atomic mass is 79.9. The number of piperidine rings is 1. The van der Waals surface area contributed by atoms with Gasteiger partial charge in [0.25, 0.3) is 0 Å². The first-order valence-electron chi connectivity index (χ1n) is 11.7. The zero-order valence-corrected chi connectivity index (χ0v) is 21.7. The summed E-state index contributed by atoms with van der Waals surface area (Å²) in [6.07, 6.45) is 1.46. The molecule has 1 N–H and O–H groups in total. The van der Waals surface area contributed by atoms with Crippen LogP contribution in [0.3, 0.4) is 0 Å². The molecule has 0 radical (unpaired) electrons. The summed E-state index contributed by atoms with van der Waals surface area (Å²) in [4.78, 5) is 19.8. The van der Waals surface area contributed by atoms with Gasteiger partial charge in [-0.2, -0.15) is 4.98 Å². The molecule has 0 spiro atoms. The molecule has 0 aliphatic carbocycles. The number of amides is 1. The van der Waals surface area contributed by atoms with E-state index in [0.29, 0.717) is 40.5 Å². The summed E-state index contributed by atoms with van der Waals surface area (Å²) in [5, 5.41) is 7.65. The highest BCUT2D eigenvalue weighted by molar-refractivity contribution is 9.10. The molecule has 1 amide bonds. The SMILES string of the molecule is O=C(Nc1cc(Cl)ccc1Oc1ccccc1)C1CCN(Cc2nc(-c3ccc(Br)cc3)no2)CC1. The van der Waals surface area contributed by atoms with Crippen molar-refractivity contribution in [1.82, 2.24) is 15.0 Å². The van der Waals surface area contributed by atoms with Crippen molar-refractivity contribution < 1.29 is 14.1 Å². The Hall–Kier alpha value is -3.20. The minimum Gasteiger partial charge on any atom is -0.455 e. The van der Waals surface area contributed by atoms with Crippen LogP contribution in [0.1, 0.15) is 18.7 Å². The number of hydrogen-bond acceptors (Lipinski definition) is 6. The lowest BCUT2D eigenvalue weighted by Gasteiger charge is -2.30. The average Bonchev–Trinajstić information content (AvgIpc) is 3.35. The van der Waals surface area contributed by atoms with Crippen LogP contribution in [-0.2, 0) is 11.3 Å². The van der Waals surface area contributed by atoms with Crippen molar-refractivity contribution in [2.24, 2.45) is 5.92 Å². The molecule has 0 unspecified atom stereocenters. The smallest absolute Gasteiger partial charge is 0.241 e. The number of likely N-dealkylation sites (tertiary alicyclic amines) is 1. The Kier molecular flexibility index (Phi) is 7.65. The van der Waals surface area contributed by atoms with E-state index in [-0.39, 0.29) is 11.8 Å². The Morgan fingerprint density at radius 1 is 1.08 bits per heavy atom. The van der Waals surface area contributed by atoms with Crippen molar-refractivity contribution in [3.63, 3.8) is 0 Å². The molecule has 1 aromatic heterocycles. The molecule has 9 heteroatoms. The maximum Gasteiger partial charge on any atom is 0.241 e. The largest absolute Gasteiger partial charge is 0.455 e. The van der Waals surface area contributed by atoms with E-state index in [0.717, 1.165) is 36.0 Å². The summed E-state index contributed by atoms with van der Waals surface area (Å²) in [5.41, 5.74) is 1.46. The van der Waals surface area contributed by atoms with Gasteiger partial charge < -0.3 is 14.6 Å². The van der Waals surface area contributed by atoms with Crippen molar-refractivity contribution in [2.75, 3.05) is 18.4 Å². The number of halogens is 2. The third kappa shape index (κ3) is 6.13. The fraction of sp³-hybridized carbons (Fsp3) is 0.222. The van der Waals surface area contributed by atoms with Crippen molar-refractivity contribution in [2.45, 2.75) is 19.4 Å². The van der Waals surface area contributed by atoms with Gasteiger partial charge in [-0.3, -0.25) is 9.69 Å². The topological polar surface area (TPSA) is 80.5 Å². The lowest BCUT2D eigenvalue weighted by molar-refractivity contribution is -0.121. The molecule has 2 heterocycles. The van der Waals surface area contributed by atoms with Gasteiger partial charge in [-0.05, 0) is 80.5 Å². The van der Waals surface area contributed by atoms with E-state index in [1.807, 2.05) is 54.6 Å². The summed E-state index contributed by atoms with van der Waals surface area (Å²) in [7, 11) is 0. The monoisotopic (exact) mass is 566 g/mol. The van der Waals surface area contributed by atoms with E-state index in [1.54, 1.807) is 18.2 Å². The second kappa shape index (κ2) is 11.2. The Morgan fingerprint density at radius 2 is 1.83 bits per heavy atom. The molecule has 184 valence electrons. The van der Waals surface area contributed by atoms with Crippen LogP contribution < -0.4 is 10.1 Å². The number of carbonyl (C=O) groups is 1. The van der Waals surface area contributed by atoms with Crippen LogP contribution >= 0.6 is 27.5 Å². The fourth-order valence-corrected chi connectivity index (χ4v) is 4.56. The molecule has 1 saturated heterocycles. The number of carbonyl (C=O) groups excluding carboxylic acids is 1. The van der Waals surface area contributed by atoms with Gasteiger partial charge in [-0.25, -0.2) is 0 Å². The van der Waals surface area contributed by atoms with E-state index in [9.17, 15) is 4.79 Å². The molecular formula is C27H24BrClN4O3. The first-order valence-corrected chi connectivity index (χ1v) is 12.8. The van der Waals surface area contributed by atoms with E-state index in [2.05, 4.69) is 36.3 Å². The number of para-hydroxylation sites is 1. The summed E-state index contributed by atoms with van der Waals surface area (Å²) in [6, 6.07) is 22.4. The maximum atomic E-state index is 13.1. The van der Waals surface area contributed by atoms with Gasteiger partial charge in [0, 0.05) is 21.0 Å². The predicted molar refractivity (Wildman–Crippen MR) is 142 cm³/mol. The molecule has 1 fully saturated rings. The predicted octanol–water partition coefficient (Wildman–Crippen LogP) is 6.80. The number of nitrogens with zero attached hydrogens (tertiary/aromatic N) is 3. The van der Waals surface area contributed by atoms with E-state index in [1.165, 1.54) is 0 Å². The summed E-state index contributed by atoms with van der Waals surface area (Å²) < 4.78 is 12.4. The standard InChI is InChI=1S/C27H24BrClN4O3/c28-20-8-6-18(7-9-20)26-31-25(36-32-26)17-33-14-12-19(13-15-33)27(34)30-23-16-21(29)10-11-24(23)35-22-4-2-1-3-5-22/h1-11,16,19H,12-15,17H2,(H,30,34). The maximum absolute atomic E-state index is 13.1. The third-order valence-electron chi connectivity index (χ3n) is 6.06. The third-order valence-corrected chi connectivity index (χ3v) is 6.82. The summed E-state index contributed by atoms with van der Waals surface area (Å²) in [5.74, 6) is 2.23. The number of benzene rings is 3. The first-order chi connectivity index (χ1) is 17.5. The van der Waals surface area contributed by atoms with Crippen LogP contribution in [0.25, 0.3) is 11.4 Å². The molecule has 1 aliphatic rings. The quantitative estimate of drug-likeness (QED) is 0.265. The molecule has 3 aromatic carbocycles. The number of nitrogens with one attached hydrogen (secondary N) is 1. The van der Waals surface area contributed by atoms with Gasteiger partial charge in [0.2, 0.25) is 17.6 Å². The zero-order valence-electron chi connectivity index (χ0n) is 19.4. The lowest BCUT2D eigenvalue weighted by Crippen LogP contribution is -2.37. The van der Waals surface area contributed by atoms with Gasteiger partial charge in [0.05, 0.1) is 12.2 Å². The summed E-state index contributed by atoms with van der Waals surface area (Å²) in [6.45, 7) is 2.08. The molecule has 7 nitrogen and oxygen atoms in total. The number of aromatic nitrogens is 2. The highest BCUT2D eigenvalue weighted by Gasteiger charge is 2.27. The number of ether oxygens (including phenoxy) is 1. The lowest BCUT2D eigenvalue weighted by atomic mass is 9.96. The van der Waals surface area contributed by atoms with Crippen LogP contribution in [-0.4, -0.2) is 34.0 Å². The molecular weight excluding hydrogens is 544 g/mol. The van der Waals surface area contributed by atoms with Gasteiger partial charge in [-0.15, -0.1) is 0 Å². The fourth-order valence-electron chi connectivity index (χ4n) is 4.12.